The minimum Gasteiger partial charge on any atom is -0.457 e. The van der Waals surface area contributed by atoms with Crippen LogP contribution in [0.5, 0.6) is 11.5 Å². The lowest BCUT2D eigenvalue weighted by atomic mass is 9.90. The zero-order chi connectivity index (χ0) is 31.6. The van der Waals surface area contributed by atoms with E-state index >= 15 is 4.39 Å². The summed E-state index contributed by atoms with van der Waals surface area (Å²) in [5.41, 5.74) is 0.702. The van der Waals surface area contributed by atoms with Crippen LogP contribution in [0, 0.1) is 21.8 Å². The number of halogens is 1. The van der Waals surface area contributed by atoms with Crippen molar-refractivity contribution in [3.8, 4) is 22.6 Å². The third-order valence-corrected chi connectivity index (χ3v) is 7.90. The third-order valence-electron chi connectivity index (χ3n) is 7.90. The van der Waals surface area contributed by atoms with E-state index in [-0.39, 0.29) is 23.1 Å². The number of nitrogens with zero attached hydrogens (tertiary/aromatic N) is 3. The van der Waals surface area contributed by atoms with Crippen LogP contribution in [0.1, 0.15) is 45.6 Å². The zero-order valence-corrected chi connectivity index (χ0v) is 25.3. The lowest BCUT2D eigenvalue weighted by molar-refractivity contribution is -0.384. The van der Waals surface area contributed by atoms with Gasteiger partial charge in [0.2, 0.25) is 0 Å². The number of piperidine rings is 1. The molecule has 10 heteroatoms. The first-order valence-electron chi connectivity index (χ1n) is 14.7. The highest BCUT2D eigenvalue weighted by Gasteiger charge is 2.27. The fraction of sp³-hybridized carbons (Fsp3) is 0.353. The van der Waals surface area contributed by atoms with Gasteiger partial charge in [0, 0.05) is 61.0 Å². The second-order valence-electron chi connectivity index (χ2n) is 12.2. The second kappa shape index (κ2) is 12.5. The Kier molecular flexibility index (Phi) is 8.71. The average molecular weight is 602 g/mol. The number of nitro groups is 1. The van der Waals surface area contributed by atoms with Gasteiger partial charge >= 0.3 is 6.09 Å². The number of amides is 1. The van der Waals surface area contributed by atoms with Gasteiger partial charge < -0.3 is 18.9 Å². The standard InChI is InChI=1S/C34H36FN3O6/c1-34(2,3)44-33(40)37-17-15-22(16-18-37)9-10-23-11-13-25(20-30(23)35)43-31-14-12-24(38(41)42)19-28(31)29-21-36(4)32(39)27-8-6-5-7-26(27)29/h5-8,11-14,19-22H,9-10,15-18H2,1-4H3. The van der Waals surface area contributed by atoms with Gasteiger partial charge in [0.15, 0.2) is 0 Å². The van der Waals surface area contributed by atoms with Gasteiger partial charge in [-0.05, 0) is 81.5 Å². The Hall–Kier alpha value is -4.73. The molecular weight excluding hydrogens is 565 g/mol. The third kappa shape index (κ3) is 6.90. The molecule has 3 aromatic carbocycles. The van der Waals surface area contributed by atoms with E-state index in [0.29, 0.717) is 58.6 Å². The molecule has 0 N–H and O–H groups in total. The Bertz CT molecular complexity index is 1770. The molecule has 5 rings (SSSR count). The van der Waals surface area contributed by atoms with E-state index in [1.165, 1.54) is 28.8 Å². The predicted octanol–water partition coefficient (Wildman–Crippen LogP) is 7.62. The Morgan fingerprint density at radius 3 is 2.39 bits per heavy atom. The molecule has 0 radical (unpaired) electrons. The van der Waals surface area contributed by atoms with E-state index in [1.807, 2.05) is 20.8 Å². The molecule has 0 bridgehead atoms. The zero-order valence-electron chi connectivity index (χ0n) is 25.3. The van der Waals surface area contributed by atoms with Crippen LogP contribution >= 0.6 is 0 Å². The molecule has 1 amide bonds. The Balaban J connectivity index is 1.32. The summed E-state index contributed by atoms with van der Waals surface area (Å²) in [6.45, 7) is 6.79. The number of ether oxygens (including phenoxy) is 2. The lowest BCUT2D eigenvalue weighted by Crippen LogP contribution is -2.41. The van der Waals surface area contributed by atoms with Crippen molar-refractivity contribution in [3.05, 3.63) is 98.7 Å². The van der Waals surface area contributed by atoms with Crippen molar-refractivity contribution in [2.45, 2.75) is 52.1 Å². The predicted molar refractivity (Wildman–Crippen MR) is 167 cm³/mol. The minimum atomic E-state index is -0.531. The van der Waals surface area contributed by atoms with Gasteiger partial charge in [0.05, 0.1) is 4.92 Å². The molecule has 0 aliphatic carbocycles. The lowest BCUT2D eigenvalue weighted by Gasteiger charge is -2.33. The largest absolute Gasteiger partial charge is 0.457 e. The number of rotatable bonds is 7. The molecule has 0 saturated carbocycles. The van der Waals surface area contributed by atoms with Gasteiger partial charge in [-0.3, -0.25) is 14.9 Å². The first-order valence-corrected chi connectivity index (χ1v) is 14.7. The topological polar surface area (TPSA) is 104 Å². The van der Waals surface area contributed by atoms with E-state index in [4.69, 9.17) is 9.47 Å². The molecule has 0 unspecified atom stereocenters. The fourth-order valence-electron chi connectivity index (χ4n) is 5.57. The smallest absolute Gasteiger partial charge is 0.410 e. The van der Waals surface area contributed by atoms with Crippen LogP contribution in [0.3, 0.4) is 0 Å². The van der Waals surface area contributed by atoms with Gasteiger partial charge in [-0.25, -0.2) is 9.18 Å². The number of pyridine rings is 1. The summed E-state index contributed by atoms with van der Waals surface area (Å²) >= 11 is 0. The average Bonchev–Trinajstić information content (AvgIpc) is 2.98. The first-order chi connectivity index (χ1) is 20.9. The Labute approximate surface area is 255 Å². The van der Waals surface area contributed by atoms with Crippen molar-refractivity contribution in [2.75, 3.05) is 13.1 Å². The number of non-ortho nitro benzene ring substituents is 1. The van der Waals surface area contributed by atoms with E-state index in [0.717, 1.165) is 19.3 Å². The summed E-state index contributed by atoms with van der Waals surface area (Å²) in [7, 11) is 1.62. The molecular formula is C34H36FN3O6. The van der Waals surface area contributed by atoms with E-state index in [2.05, 4.69) is 0 Å². The molecule has 2 heterocycles. The van der Waals surface area contributed by atoms with Crippen LogP contribution in [0.15, 0.2) is 71.7 Å². The molecule has 1 saturated heterocycles. The Morgan fingerprint density at radius 2 is 1.73 bits per heavy atom. The fourth-order valence-corrected chi connectivity index (χ4v) is 5.57. The summed E-state index contributed by atoms with van der Waals surface area (Å²) in [4.78, 5) is 37.9. The van der Waals surface area contributed by atoms with Gasteiger partial charge in [-0.15, -0.1) is 0 Å². The second-order valence-corrected chi connectivity index (χ2v) is 12.2. The molecule has 4 aromatic rings. The highest BCUT2D eigenvalue weighted by Crippen LogP contribution is 2.39. The van der Waals surface area contributed by atoms with Crippen molar-refractivity contribution in [3.63, 3.8) is 0 Å². The SMILES string of the molecule is Cn1cc(-c2cc([N+](=O)[O-])ccc2Oc2ccc(CCC3CCN(C(=O)OC(C)(C)C)CC3)c(F)c2)c2ccccc2c1=O. The van der Waals surface area contributed by atoms with E-state index in [9.17, 15) is 19.7 Å². The van der Waals surface area contributed by atoms with Crippen molar-refractivity contribution < 1.29 is 23.6 Å². The van der Waals surface area contributed by atoms with Crippen LogP contribution in [-0.2, 0) is 18.2 Å². The number of nitro benzene ring substituents is 1. The molecule has 230 valence electrons. The van der Waals surface area contributed by atoms with Gasteiger partial charge in [-0.1, -0.05) is 24.3 Å². The maximum absolute atomic E-state index is 15.3. The Morgan fingerprint density at radius 1 is 1.02 bits per heavy atom. The molecule has 44 heavy (non-hydrogen) atoms. The summed E-state index contributed by atoms with van der Waals surface area (Å²) in [6.07, 6.45) is 4.35. The number of benzene rings is 3. The van der Waals surface area contributed by atoms with Crippen LogP contribution in [0.2, 0.25) is 0 Å². The number of aryl methyl sites for hydroxylation is 2. The minimum absolute atomic E-state index is 0.135. The first kappa shape index (κ1) is 30.7. The van der Waals surface area contributed by atoms with Gasteiger partial charge in [-0.2, -0.15) is 0 Å². The summed E-state index contributed by atoms with van der Waals surface area (Å²) in [5.74, 6) is 0.525. The van der Waals surface area contributed by atoms with E-state index in [1.54, 1.807) is 54.5 Å². The normalized spacial score (nSPS) is 14.1. The van der Waals surface area contributed by atoms with Crippen LogP contribution < -0.4 is 10.3 Å². The number of carbonyl (C=O) groups is 1. The summed E-state index contributed by atoms with van der Waals surface area (Å²) in [6, 6.07) is 16.0. The van der Waals surface area contributed by atoms with E-state index < -0.39 is 16.3 Å². The van der Waals surface area contributed by atoms with Crippen molar-refractivity contribution >= 4 is 22.6 Å². The number of hydrogen-bond acceptors (Lipinski definition) is 6. The number of hydrogen-bond donors (Lipinski definition) is 0. The quantitative estimate of drug-likeness (QED) is 0.159. The summed E-state index contributed by atoms with van der Waals surface area (Å²) in [5, 5.41) is 12.7. The monoisotopic (exact) mass is 601 g/mol. The van der Waals surface area contributed by atoms with Crippen molar-refractivity contribution in [1.82, 2.24) is 9.47 Å². The number of carbonyl (C=O) groups excluding carboxylic acids is 1. The molecule has 1 aliphatic heterocycles. The number of likely N-dealkylation sites (tertiary alicyclic amines) is 1. The van der Waals surface area contributed by atoms with Crippen molar-refractivity contribution in [2.24, 2.45) is 13.0 Å². The van der Waals surface area contributed by atoms with Crippen LogP contribution in [0.25, 0.3) is 21.9 Å². The van der Waals surface area contributed by atoms with Gasteiger partial charge in [0.25, 0.3) is 11.2 Å². The molecule has 0 atom stereocenters. The summed E-state index contributed by atoms with van der Waals surface area (Å²) < 4.78 is 28.3. The van der Waals surface area contributed by atoms with Crippen LogP contribution in [-0.4, -0.2) is 39.2 Å². The number of fused-ring (bicyclic) bond motifs is 1. The maximum atomic E-state index is 15.3. The molecule has 0 spiro atoms. The maximum Gasteiger partial charge on any atom is 0.410 e. The van der Waals surface area contributed by atoms with Gasteiger partial charge in [0.1, 0.15) is 22.9 Å². The number of aromatic nitrogens is 1. The molecule has 1 aliphatic rings. The molecule has 1 fully saturated rings. The van der Waals surface area contributed by atoms with Crippen molar-refractivity contribution in [1.29, 1.82) is 0 Å². The molecule has 9 nitrogen and oxygen atoms in total. The van der Waals surface area contributed by atoms with Crippen LogP contribution in [0.4, 0.5) is 14.9 Å². The highest BCUT2D eigenvalue weighted by atomic mass is 19.1. The molecule has 1 aromatic heterocycles. The highest BCUT2D eigenvalue weighted by molar-refractivity contribution is 5.97.